The number of hydrogen-bond acceptors (Lipinski definition) is 4. The highest BCUT2D eigenvalue weighted by molar-refractivity contribution is 7.80. The molecular formula is C15H23N3O2S. The van der Waals surface area contributed by atoms with Gasteiger partial charge in [0.05, 0.1) is 19.2 Å². The zero-order valence-electron chi connectivity index (χ0n) is 12.8. The SMILES string of the molecule is CCNC(=O)CN(CC)Cc1ccc(C(N)=S)c(OC)c1. The number of benzene rings is 1. The van der Waals surface area contributed by atoms with E-state index in [-0.39, 0.29) is 5.91 Å². The van der Waals surface area contributed by atoms with Crippen LogP contribution in [0.2, 0.25) is 0 Å². The Labute approximate surface area is 131 Å². The van der Waals surface area contributed by atoms with Crippen LogP contribution < -0.4 is 15.8 Å². The monoisotopic (exact) mass is 309 g/mol. The Morgan fingerprint density at radius 3 is 2.67 bits per heavy atom. The molecule has 1 aromatic carbocycles. The average Bonchev–Trinajstić information content (AvgIpc) is 2.46. The van der Waals surface area contributed by atoms with Crippen molar-refractivity contribution in [2.75, 3.05) is 26.7 Å². The summed E-state index contributed by atoms with van der Waals surface area (Å²) in [6.07, 6.45) is 0. The Kier molecular flexibility index (Phi) is 7.11. The Hall–Kier alpha value is -1.66. The molecular weight excluding hydrogens is 286 g/mol. The number of methoxy groups -OCH3 is 1. The quantitative estimate of drug-likeness (QED) is 0.708. The molecule has 1 rings (SSSR count). The van der Waals surface area contributed by atoms with Gasteiger partial charge in [0.2, 0.25) is 5.91 Å². The molecule has 6 heteroatoms. The number of nitrogens with one attached hydrogen (secondary N) is 1. The molecule has 0 aliphatic rings. The summed E-state index contributed by atoms with van der Waals surface area (Å²) in [7, 11) is 1.59. The minimum Gasteiger partial charge on any atom is -0.496 e. The molecule has 0 aromatic heterocycles. The summed E-state index contributed by atoms with van der Waals surface area (Å²) in [6.45, 7) is 6.42. The lowest BCUT2D eigenvalue weighted by molar-refractivity contribution is -0.122. The number of carbonyl (C=O) groups excluding carboxylic acids is 1. The number of hydrogen-bond donors (Lipinski definition) is 2. The second kappa shape index (κ2) is 8.59. The zero-order valence-corrected chi connectivity index (χ0v) is 13.6. The van der Waals surface area contributed by atoms with Crippen LogP contribution in [0.15, 0.2) is 18.2 Å². The molecule has 0 radical (unpaired) electrons. The summed E-state index contributed by atoms with van der Waals surface area (Å²) >= 11 is 4.99. The summed E-state index contributed by atoms with van der Waals surface area (Å²) in [5.41, 5.74) is 7.43. The summed E-state index contributed by atoms with van der Waals surface area (Å²) in [5, 5.41) is 2.80. The first-order chi connectivity index (χ1) is 10.0. The third kappa shape index (κ3) is 5.32. The number of carbonyl (C=O) groups is 1. The summed E-state index contributed by atoms with van der Waals surface area (Å²) in [4.78, 5) is 14.0. The van der Waals surface area contributed by atoms with Gasteiger partial charge in [-0.15, -0.1) is 0 Å². The predicted octanol–water partition coefficient (Wildman–Crippen LogP) is 1.29. The van der Waals surface area contributed by atoms with Crippen molar-refractivity contribution in [2.24, 2.45) is 5.73 Å². The van der Waals surface area contributed by atoms with Crippen LogP contribution in [0.4, 0.5) is 0 Å². The van der Waals surface area contributed by atoms with E-state index in [4.69, 9.17) is 22.7 Å². The van der Waals surface area contributed by atoms with Gasteiger partial charge >= 0.3 is 0 Å². The summed E-state index contributed by atoms with van der Waals surface area (Å²) < 4.78 is 5.32. The largest absolute Gasteiger partial charge is 0.496 e. The predicted molar refractivity (Wildman–Crippen MR) is 88.5 cm³/mol. The van der Waals surface area contributed by atoms with Crippen LogP contribution in [-0.2, 0) is 11.3 Å². The highest BCUT2D eigenvalue weighted by Crippen LogP contribution is 2.21. The highest BCUT2D eigenvalue weighted by Gasteiger charge is 2.11. The fourth-order valence-corrected chi connectivity index (χ4v) is 2.20. The van der Waals surface area contributed by atoms with E-state index in [1.165, 1.54) is 0 Å². The molecule has 21 heavy (non-hydrogen) atoms. The Morgan fingerprint density at radius 2 is 2.14 bits per heavy atom. The number of ether oxygens (including phenoxy) is 1. The van der Waals surface area contributed by atoms with Gasteiger partial charge in [0.15, 0.2) is 0 Å². The molecule has 0 saturated heterocycles. The Bertz CT molecular complexity index is 506. The van der Waals surface area contributed by atoms with Gasteiger partial charge in [-0.25, -0.2) is 0 Å². The zero-order chi connectivity index (χ0) is 15.8. The van der Waals surface area contributed by atoms with Gasteiger partial charge in [-0.05, 0) is 31.2 Å². The Balaban J connectivity index is 2.80. The van der Waals surface area contributed by atoms with E-state index in [0.29, 0.717) is 30.4 Å². The van der Waals surface area contributed by atoms with Crippen LogP contribution in [0.5, 0.6) is 5.75 Å². The molecule has 0 atom stereocenters. The molecule has 1 aromatic rings. The van der Waals surface area contributed by atoms with Crippen LogP contribution in [0, 0.1) is 0 Å². The van der Waals surface area contributed by atoms with Crippen molar-refractivity contribution < 1.29 is 9.53 Å². The lowest BCUT2D eigenvalue weighted by Gasteiger charge is -2.20. The topological polar surface area (TPSA) is 67.6 Å². The number of thiocarbonyl (C=S) groups is 1. The van der Waals surface area contributed by atoms with Crippen molar-refractivity contribution >= 4 is 23.1 Å². The van der Waals surface area contributed by atoms with Gasteiger partial charge in [-0.1, -0.05) is 25.2 Å². The van der Waals surface area contributed by atoms with Crippen LogP contribution in [0.25, 0.3) is 0 Å². The van der Waals surface area contributed by atoms with Gasteiger partial charge in [-0.3, -0.25) is 9.69 Å². The number of rotatable bonds is 8. The molecule has 1 amide bonds. The second-order valence-electron chi connectivity index (χ2n) is 4.66. The molecule has 5 nitrogen and oxygen atoms in total. The normalized spacial score (nSPS) is 10.5. The summed E-state index contributed by atoms with van der Waals surface area (Å²) in [6, 6.07) is 5.72. The molecule has 0 aliphatic heterocycles. The van der Waals surface area contributed by atoms with Crippen molar-refractivity contribution in [3.8, 4) is 5.75 Å². The van der Waals surface area contributed by atoms with Crippen molar-refractivity contribution in [3.63, 3.8) is 0 Å². The van der Waals surface area contributed by atoms with Crippen molar-refractivity contribution in [1.82, 2.24) is 10.2 Å². The third-order valence-electron chi connectivity index (χ3n) is 3.13. The highest BCUT2D eigenvalue weighted by atomic mass is 32.1. The van der Waals surface area contributed by atoms with Crippen molar-refractivity contribution in [3.05, 3.63) is 29.3 Å². The fraction of sp³-hybridized carbons (Fsp3) is 0.467. The maximum absolute atomic E-state index is 11.7. The molecule has 0 fully saturated rings. The van der Waals surface area contributed by atoms with E-state index >= 15 is 0 Å². The summed E-state index contributed by atoms with van der Waals surface area (Å²) in [5.74, 6) is 0.695. The molecule has 0 bridgehead atoms. The number of likely N-dealkylation sites (N-methyl/N-ethyl adjacent to an activating group) is 2. The van der Waals surface area contributed by atoms with Crippen LogP contribution in [-0.4, -0.2) is 42.5 Å². The van der Waals surface area contributed by atoms with E-state index in [2.05, 4.69) is 10.2 Å². The molecule has 0 heterocycles. The second-order valence-corrected chi connectivity index (χ2v) is 5.10. The van der Waals surface area contributed by atoms with Gasteiger partial charge in [0, 0.05) is 13.1 Å². The van der Waals surface area contributed by atoms with Crippen molar-refractivity contribution in [1.29, 1.82) is 0 Å². The lowest BCUT2D eigenvalue weighted by atomic mass is 10.1. The van der Waals surface area contributed by atoms with Gasteiger partial charge in [0.25, 0.3) is 0 Å². The smallest absolute Gasteiger partial charge is 0.234 e. The Morgan fingerprint density at radius 1 is 1.43 bits per heavy atom. The van der Waals surface area contributed by atoms with Crippen molar-refractivity contribution in [2.45, 2.75) is 20.4 Å². The van der Waals surface area contributed by atoms with E-state index in [0.717, 1.165) is 17.7 Å². The first-order valence-corrected chi connectivity index (χ1v) is 7.38. The molecule has 0 spiro atoms. The van der Waals surface area contributed by atoms with Gasteiger partial charge in [0.1, 0.15) is 10.7 Å². The van der Waals surface area contributed by atoms with Gasteiger partial charge < -0.3 is 15.8 Å². The van der Waals surface area contributed by atoms with Crippen LogP contribution >= 0.6 is 12.2 Å². The third-order valence-corrected chi connectivity index (χ3v) is 3.35. The van der Waals surface area contributed by atoms with E-state index in [1.807, 2.05) is 32.0 Å². The fourth-order valence-electron chi connectivity index (χ4n) is 2.03. The molecule has 0 saturated carbocycles. The molecule has 0 aliphatic carbocycles. The maximum atomic E-state index is 11.7. The minimum atomic E-state index is 0.0334. The van der Waals surface area contributed by atoms with E-state index in [9.17, 15) is 4.79 Å². The van der Waals surface area contributed by atoms with Gasteiger partial charge in [-0.2, -0.15) is 0 Å². The van der Waals surface area contributed by atoms with E-state index in [1.54, 1.807) is 7.11 Å². The molecule has 3 N–H and O–H groups in total. The van der Waals surface area contributed by atoms with E-state index < -0.39 is 0 Å². The average molecular weight is 309 g/mol. The number of nitrogens with zero attached hydrogens (tertiary/aromatic N) is 1. The molecule has 0 unspecified atom stereocenters. The molecule has 116 valence electrons. The number of amides is 1. The lowest BCUT2D eigenvalue weighted by Crippen LogP contribution is -2.36. The first kappa shape index (κ1) is 17.4. The maximum Gasteiger partial charge on any atom is 0.234 e. The van der Waals surface area contributed by atoms with Crippen LogP contribution in [0.3, 0.4) is 0 Å². The number of nitrogens with two attached hydrogens (primary N) is 1. The standard InChI is InChI=1S/C15H23N3O2S/c1-4-17-14(19)10-18(5-2)9-11-6-7-12(15(16)21)13(8-11)20-3/h6-8H,4-5,9-10H2,1-3H3,(H2,16,21)(H,17,19). The van der Waals surface area contributed by atoms with Crippen LogP contribution in [0.1, 0.15) is 25.0 Å². The first-order valence-electron chi connectivity index (χ1n) is 6.97. The minimum absolute atomic E-state index is 0.0334.